The highest BCUT2D eigenvalue weighted by Crippen LogP contribution is 2.35. The summed E-state index contributed by atoms with van der Waals surface area (Å²) in [5.74, 6) is -0.355. The second kappa shape index (κ2) is 7.69. The van der Waals surface area contributed by atoms with Gasteiger partial charge in [0.1, 0.15) is 5.52 Å². The molecule has 0 atom stereocenters. The zero-order valence-corrected chi connectivity index (χ0v) is 16.7. The number of carbonyl (C=O) groups excluding carboxylic acids is 1. The minimum Gasteiger partial charge on any atom is -0.298 e. The molecule has 0 unspecified atom stereocenters. The van der Waals surface area contributed by atoms with E-state index in [0.717, 1.165) is 10.8 Å². The molecule has 2 aromatic carbocycles. The Morgan fingerprint density at radius 2 is 2.00 bits per heavy atom. The van der Waals surface area contributed by atoms with Crippen LogP contribution in [0.25, 0.3) is 10.2 Å². The summed E-state index contributed by atoms with van der Waals surface area (Å²) in [4.78, 5) is 17.2. The summed E-state index contributed by atoms with van der Waals surface area (Å²) in [6, 6.07) is 8.85. The molecule has 148 valence electrons. The van der Waals surface area contributed by atoms with Crippen molar-refractivity contribution in [2.24, 2.45) is 0 Å². The third-order valence-corrected chi connectivity index (χ3v) is 5.94. The number of fused-ring (bicyclic) bond motifs is 1. The molecule has 0 saturated heterocycles. The van der Waals surface area contributed by atoms with Gasteiger partial charge < -0.3 is 0 Å². The first kappa shape index (κ1) is 19.7. The molecule has 0 aliphatic rings. The first-order chi connectivity index (χ1) is 13.8. The number of nitrogens with zero attached hydrogens (tertiary/aromatic N) is 3. The molecule has 0 aliphatic carbocycles. The Labute approximate surface area is 175 Å². The predicted molar refractivity (Wildman–Crippen MR) is 107 cm³/mol. The Balaban J connectivity index is 1.48. The molecule has 0 bridgehead atoms. The van der Waals surface area contributed by atoms with Crippen molar-refractivity contribution < 1.29 is 18.0 Å². The lowest BCUT2D eigenvalue weighted by Gasteiger charge is -2.10. The summed E-state index contributed by atoms with van der Waals surface area (Å²) in [5, 5.41) is 6.64. The second-order valence-electron chi connectivity index (χ2n) is 6.03. The van der Waals surface area contributed by atoms with E-state index in [2.05, 4.69) is 19.9 Å². The summed E-state index contributed by atoms with van der Waals surface area (Å²) < 4.78 is 43.7. The van der Waals surface area contributed by atoms with Crippen LogP contribution >= 0.6 is 34.5 Å². The first-order valence-corrected chi connectivity index (χ1v) is 10.1. The van der Waals surface area contributed by atoms with Crippen LogP contribution in [0.2, 0.25) is 5.02 Å². The lowest BCUT2D eigenvalue weighted by molar-refractivity contribution is -0.137. The zero-order chi connectivity index (χ0) is 20.6. The number of hydrogen-bond donors (Lipinski definition) is 1. The first-order valence-electron chi connectivity index (χ1n) is 8.13. The van der Waals surface area contributed by atoms with Crippen LogP contribution in [0, 0.1) is 0 Å². The number of halogens is 4. The molecule has 11 heteroatoms. The van der Waals surface area contributed by atoms with Crippen LogP contribution in [0.5, 0.6) is 0 Å². The van der Waals surface area contributed by atoms with E-state index < -0.39 is 11.7 Å². The van der Waals surface area contributed by atoms with E-state index in [0.29, 0.717) is 26.7 Å². The molecular weight excluding hydrogens is 445 g/mol. The fourth-order valence-corrected chi connectivity index (χ4v) is 4.24. The van der Waals surface area contributed by atoms with Gasteiger partial charge in [-0.05, 0) is 47.4 Å². The topological polar surface area (TPSA) is 67.8 Å². The summed E-state index contributed by atoms with van der Waals surface area (Å²) in [7, 11) is 0. The molecule has 29 heavy (non-hydrogen) atoms. The molecule has 0 fully saturated rings. The summed E-state index contributed by atoms with van der Waals surface area (Å²) in [5.41, 5.74) is 0.617. The van der Waals surface area contributed by atoms with E-state index in [-0.39, 0.29) is 17.4 Å². The minimum atomic E-state index is -4.52. The van der Waals surface area contributed by atoms with Crippen molar-refractivity contribution in [3.63, 3.8) is 0 Å². The molecule has 5 nitrogen and oxygen atoms in total. The molecule has 0 spiro atoms. The Morgan fingerprint density at radius 1 is 1.17 bits per heavy atom. The summed E-state index contributed by atoms with van der Waals surface area (Å²) in [6.45, 7) is 0. The highest BCUT2D eigenvalue weighted by atomic mass is 35.5. The van der Waals surface area contributed by atoms with Crippen molar-refractivity contribution in [3.8, 4) is 0 Å². The van der Waals surface area contributed by atoms with Gasteiger partial charge in [-0.2, -0.15) is 13.2 Å². The molecule has 2 aromatic heterocycles. The normalized spacial score (nSPS) is 11.7. The standard InChI is InChI=1S/C18H10ClF3N4OS2/c19-13-3-1-9(6-12(13)18(20,21)22)5-11-8-23-17(28-11)24-16(27)10-2-4-15-14(7-10)25-26-29-15/h1-4,6-8H,5H2,(H,23,24,27). The smallest absolute Gasteiger partial charge is 0.298 e. The van der Waals surface area contributed by atoms with E-state index in [1.54, 1.807) is 18.2 Å². The van der Waals surface area contributed by atoms with Crippen LogP contribution in [0.15, 0.2) is 42.6 Å². The van der Waals surface area contributed by atoms with Crippen LogP contribution in [0.4, 0.5) is 18.3 Å². The van der Waals surface area contributed by atoms with Gasteiger partial charge in [-0.3, -0.25) is 10.1 Å². The highest BCUT2D eigenvalue weighted by Gasteiger charge is 2.33. The molecule has 4 rings (SSSR count). The number of aromatic nitrogens is 3. The SMILES string of the molecule is O=C(Nc1ncc(Cc2ccc(Cl)c(C(F)(F)F)c2)s1)c1ccc2snnc2c1. The van der Waals surface area contributed by atoms with E-state index in [4.69, 9.17) is 11.6 Å². The fraction of sp³-hybridized carbons (Fsp3) is 0.111. The third kappa shape index (κ3) is 4.39. The van der Waals surface area contributed by atoms with Gasteiger partial charge in [0.25, 0.3) is 5.91 Å². The molecule has 1 amide bonds. The number of rotatable bonds is 4. The van der Waals surface area contributed by atoms with E-state index in [1.165, 1.54) is 41.2 Å². The molecular formula is C18H10ClF3N4OS2. The minimum absolute atomic E-state index is 0.240. The summed E-state index contributed by atoms with van der Waals surface area (Å²) >= 11 is 8.08. The average Bonchev–Trinajstić information content (AvgIpc) is 3.30. The molecule has 2 heterocycles. The highest BCUT2D eigenvalue weighted by molar-refractivity contribution is 7.15. The monoisotopic (exact) mass is 454 g/mol. The quantitative estimate of drug-likeness (QED) is 0.432. The largest absolute Gasteiger partial charge is 0.417 e. The second-order valence-corrected chi connectivity index (χ2v) is 8.34. The van der Waals surface area contributed by atoms with Gasteiger partial charge in [-0.15, -0.1) is 16.4 Å². The maximum atomic E-state index is 13.0. The van der Waals surface area contributed by atoms with Gasteiger partial charge in [0.15, 0.2) is 5.13 Å². The number of nitrogens with one attached hydrogen (secondary N) is 1. The third-order valence-electron chi connectivity index (χ3n) is 4.00. The van der Waals surface area contributed by atoms with Crippen molar-refractivity contribution in [1.29, 1.82) is 0 Å². The Hall–Kier alpha value is -2.56. The van der Waals surface area contributed by atoms with Crippen LogP contribution in [0.1, 0.15) is 26.4 Å². The van der Waals surface area contributed by atoms with Gasteiger partial charge in [0, 0.05) is 23.1 Å². The Morgan fingerprint density at radius 3 is 2.79 bits per heavy atom. The van der Waals surface area contributed by atoms with Gasteiger partial charge >= 0.3 is 6.18 Å². The van der Waals surface area contributed by atoms with E-state index in [1.807, 2.05) is 0 Å². The number of carbonyl (C=O) groups is 1. The van der Waals surface area contributed by atoms with Gasteiger partial charge in [0.05, 0.1) is 15.3 Å². The molecule has 0 radical (unpaired) electrons. The fourth-order valence-electron chi connectivity index (χ4n) is 2.64. The van der Waals surface area contributed by atoms with E-state index in [9.17, 15) is 18.0 Å². The van der Waals surface area contributed by atoms with Crippen LogP contribution in [0.3, 0.4) is 0 Å². The summed E-state index contributed by atoms with van der Waals surface area (Å²) in [6.07, 6.45) is -2.76. The number of thiazole rings is 1. The maximum Gasteiger partial charge on any atom is 0.417 e. The van der Waals surface area contributed by atoms with Crippen molar-refractivity contribution in [2.75, 3.05) is 5.32 Å². The lowest BCUT2D eigenvalue weighted by atomic mass is 10.1. The van der Waals surface area contributed by atoms with Crippen molar-refractivity contribution in [2.45, 2.75) is 12.6 Å². The van der Waals surface area contributed by atoms with Gasteiger partial charge in [-0.1, -0.05) is 22.2 Å². The van der Waals surface area contributed by atoms with Crippen LogP contribution in [-0.4, -0.2) is 20.5 Å². The number of anilines is 1. The van der Waals surface area contributed by atoms with Crippen LogP contribution in [-0.2, 0) is 12.6 Å². The Bertz CT molecular complexity index is 1210. The maximum absolute atomic E-state index is 13.0. The zero-order valence-electron chi connectivity index (χ0n) is 14.3. The average molecular weight is 455 g/mol. The number of alkyl halides is 3. The number of amides is 1. The molecule has 0 aliphatic heterocycles. The number of benzene rings is 2. The van der Waals surface area contributed by atoms with Gasteiger partial charge in [0.2, 0.25) is 0 Å². The van der Waals surface area contributed by atoms with Gasteiger partial charge in [-0.25, -0.2) is 4.98 Å². The van der Waals surface area contributed by atoms with Crippen molar-refractivity contribution in [3.05, 3.63) is 69.2 Å². The Kier molecular flexibility index (Phi) is 5.24. The predicted octanol–water partition coefficient (Wildman–Crippen LogP) is 5.66. The van der Waals surface area contributed by atoms with E-state index >= 15 is 0 Å². The molecule has 1 N–H and O–H groups in total. The lowest BCUT2D eigenvalue weighted by Crippen LogP contribution is -2.11. The van der Waals surface area contributed by atoms with Crippen LogP contribution < -0.4 is 5.32 Å². The molecule has 4 aromatic rings. The van der Waals surface area contributed by atoms with Crippen molar-refractivity contribution >= 4 is 55.7 Å². The number of hydrogen-bond acceptors (Lipinski definition) is 6. The molecule has 0 saturated carbocycles. The van der Waals surface area contributed by atoms with Crippen molar-refractivity contribution in [1.82, 2.24) is 14.6 Å².